The van der Waals surface area contributed by atoms with Crippen LogP contribution in [0, 0.1) is 0 Å². The van der Waals surface area contributed by atoms with E-state index in [0.717, 1.165) is 0 Å². The lowest BCUT2D eigenvalue weighted by Gasteiger charge is -2.15. The molecule has 3 N–H and O–H groups in total. The highest BCUT2D eigenvalue weighted by Crippen LogP contribution is 2.27. The molecule has 7 heteroatoms. The third kappa shape index (κ3) is 3.00. The summed E-state index contributed by atoms with van der Waals surface area (Å²) in [4.78, 5) is 4.28. The van der Waals surface area contributed by atoms with E-state index < -0.39 is 0 Å². The molecule has 0 aliphatic carbocycles. The second-order valence-corrected chi connectivity index (χ2v) is 6.42. The van der Waals surface area contributed by atoms with E-state index in [9.17, 15) is 0 Å². The Balaban J connectivity index is 2.09. The summed E-state index contributed by atoms with van der Waals surface area (Å²) < 4.78 is 5.32. The lowest BCUT2D eigenvalue weighted by molar-refractivity contribution is 0.425. The predicted molar refractivity (Wildman–Crippen MR) is 67.3 cm³/mol. The smallest absolute Gasteiger partial charge is 0.263 e. The Bertz CT molecular complexity index is 499. The number of nitrogens with two attached hydrogens (primary N) is 1. The number of anilines is 1. The number of nitrogen functional groups attached to an aromatic ring is 1. The minimum Gasteiger partial charge on any atom is -0.383 e. The Hall–Kier alpha value is -1.50. The molecule has 0 aliphatic rings. The van der Waals surface area contributed by atoms with E-state index in [1.54, 1.807) is 18.0 Å². The van der Waals surface area contributed by atoms with E-state index in [4.69, 9.17) is 10.3 Å². The lowest BCUT2D eigenvalue weighted by Crippen LogP contribution is -2.07. The van der Waals surface area contributed by atoms with Gasteiger partial charge in [-0.3, -0.25) is 5.10 Å². The lowest BCUT2D eigenvalue weighted by atomic mass is 10.3. The zero-order valence-corrected chi connectivity index (χ0v) is 10.8. The Morgan fingerprint density at radius 3 is 2.82 bits per heavy atom. The van der Waals surface area contributed by atoms with Crippen LogP contribution < -0.4 is 5.73 Å². The first-order chi connectivity index (χ1) is 7.96. The number of H-pyrrole nitrogens is 1. The first-order valence-corrected chi connectivity index (χ1v) is 6.20. The van der Waals surface area contributed by atoms with Gasteiger partial charge in [-0.05, 0) is 0 Å². The fourth-order valence-electron chi connectivity index (χ4n) is 1.17. The molecule has 0 amide bonds. The normalized spacial score (nSPS) is 11.9. The summed E-state index contributed by atoms with van der Waals surface area (Å²) in [5.41, 5.74) is 6.32. The number of nitrogens with zero attached hydrogens (tertiary/aromatic N) is 3. The third-order valence-corrected chi connectivity index (χ3v) is 3.27. The summed E-state index contributed by atoms with van der Waals surface area (Å²) in [5, 5.41) is 10.3. The van der Waals surface area contributed by atoms with E-state index in [-0.39, 0.29) is 4.75 Å². The van der Waals surface area contributed by atoms with Crippen molar-refractivity contribution in [3.8, 4) is 11.5 Å². The Morgan fingerprint density at radius 1 is 1.47 bits per heavy atom. The van der Waals surface area contributed by atoms with Gasteiger partial charge >= 0.3 is 0 Å². The molecular formula is C10H15N5OS. The number of thioether (sulfide) groups is 1. The van der Waals surface area contributed by atoms with Crippen molar-refractivity contribution in [2.24, 2.45) is 0 Å². The zero-order chi connectivity index (χ0) is 12.5. The number of rotatable bonds is 3. The molecule has 2 rings (SSSR count). The highest BCUT2D eigenvalue weighted by Gasteiger charge is 2.16. The van der Waals surface area contributed by atoms with Crippen LogP contribution in [0.25, 0.3) is 11.5 Å². The molecule has 2 heterocycles. The summed E-state index contributed by atoms with van der Waals surface area (Å²) in [6.45, 7) is 6.44. The number of aromatic amines is 1. The largest absolute Gasteiger partial charge is 0.383 e. The summed E-state index contributed by atoms with van der Waals surface area (Å²) >= 11 is 1.76. The van der Waals surface area contributed by atoms with Crippen molar-refractivity contribution in [3.63, 3.8) is 0 Å². The maximum atomic E-state index is 5.67. The second-order valence-electron chi connectivity index (χ2n) is 4.61. The average molecular weight is 253 g/mol. The topological polar surface area (TPSA) is 93.6 Å². The van der Waals surface area contributed by atoms with Gasteiger partial charge in [0.1, 0.15) is 11.4 Å². The minimum atomic E-state index is 0.176. The number of hydrogen-bond acceptors (Lipinski definition) is 6. The summed E-state index contributed by atoms with van der Waals surface area (Å²) in [6, 6.07) is 0. The molecular weight excluding hydrogens is 238 g/mol. The molecule has 0 radical (unpaired) electrons. The molecule has 0 saturated carbocycles. The van der Waals surface area contributed by atoms with Crippen molar-refractivity contribution in [1.82, 2.24) is 20.3 Å². The van der Waals surface area contributed by atoms with Gasteiger partial charge in [-0.2, -0.15) is 10.1 Å². The number of hydrogen-bond donors (Lipinski definition) is 2. The molecule has 0 aromatic carbocycles. The van der Waals surface area contributed by atoms with Gasteiger partial charge in [-0.1, -0.05) is 25.9 Å². The molecule has 0 aliphatic heterocycles. The van der Waals surface area contributed by atoms with E-state index >= 15 is 0 Å². The standard InChI is InChI=1S/C10H15N5OS/c1-10(2,3)17-5-7-13-9(16-15-7)6-4-12-14-8(6)11/h4H,5H2,1-3H3,(H3,11,12,14). The van der Waals surface area contributed by atoms with Crippen LogP contribution in [0.3, 0.4) is 0 Å². The molecule has 0 atom stereocenters. The van der Waals surface area contributed by atoms with Crippen molar-refractivity contribution in [1.29, 1.82) is 0 Å². The van der Waals surface area contributed by atoms with Gasteiger partial charge in [0.05, 0.1) is 11.9 Å². The fraction of sp³-hybridized carbons (Fsp3) is 0.500. The van der Waals surface area contributed by atoms with Crippen LogP contribution in [-0.2, 0) is 5.75 Å². The van der Waals surface area contributed by atoms with Gasteiger partial charge in [0.15, 0.2) is 5.82 Å². The highest BCUT2D eigenvalue weighted by molar-refractivity contribution is 7.99. The van der Waals surface area contributed by atoms with Gasteiger partial charge in [-0.15, -0.1) is 11.8 Å². The highest BCUT2D eigenvalue weighted by atomic mass is 32.2. The monoisotopic (exact) mass is 253 g/mol. The van der Waals surface area contributed by atoms with Crippen LogP contribution in [0.15, 0.2) is 10.7 Å². The zero-order valence-electron chi connectivity index (χ0n) is 10.0. The van der Waals surface area contributed by atoms with Crippen molar-refractivity contribution in [2.75, 3.05) is 5.73 Å². The third-order valence-electron chi connectivity index (χ3n) is 2.00. The fourth-order valence-corrected chi connectivity index (χ4v) is 1.85. The Labute approximate surface area is 103 Å². The van der Waals surface area contributed by atoms with Gasteiger partial charge < -0.3 is 10.3 Å². The van der Waals surface area contributed by atoms with Crippen molar-refractivity contribution >= 4 is 17.6 Å². The number of nitrogens with one attached hydrogen (secondary N) is 1. The Morgan fingerprint density at radius 2 is 2.24 bits per heavy atom. The van der Waals surface area contributed by atoms with Crippen molar-refractivity contribution in [3.05, 3.63) is 12.0 Å². The molecule has 0 spiro atoms. The van der Waals surface area contributed by atoms with Gasteiger partial charge in [0.25, 0.3) is 5.89 Å². The van der Waals surface area contributed by atoms with Crippen molar-refractivity contribution < 1.29 is 4.52 Å². The SMILES string of the molecule is CC(C)(C)SCc1noc(-c2cn[nH]c2N)n1. The Kier molecular flexibility index (Phi) is 3.10. The summed E-state index contributed by atoms with van der Waals surface area (Å²) in [5.74, 6) is 2.22. The maximum Gasteiger partial charge on any atom is 0.263 e. The van der Waals surface area contributed by atoms with Gasteiger partial charge in [-0.25, -0.2) is 0 Å². The van der Waals surface area contributed by atoms with E-state index in [0.29, 0.717) is 28.8 Å². The number of aromatic nitrogens is 4. The van der Waals surface area contributed by atoms with Crippen LogP contribution >= 0.6 is 11.8 Å². The van der Waals surface area contributed by atoms with E-state index in [1.165, 1.54) is 0 Å². The first-order valence-electron chi connectivity index (χ1n) is 5.21. The van der Waals surface area contributed by atoms with Crippen LogP contribution in [0.1, 0.15) is 26.6 Å². The molecule has 6 nitrogen and oxygen atoms in total. The van der Waals surface area contributed by atoms with Gasteiger partial charge in [0, 0.05) is 4.75 Å². The second kappa shape index (κ2) is 4.40. The van der Waals surface area contributed by atoms with Crippen LogP contribution in [0.2, 0.25) is 0 Å². The summed E-state index contributed by atoms with van der Waals surface area (Å²) in [7, 11) is 0. The average Bonchev–Trinajstić information content (AvgIpc) is 2.81. The molecule has 2 aromatic rings. The predicted octanol–water partition coefficient (Wildman–Crippen LogP) is 2.07. The molecule has 0 bridgehead atoms. The van der Waals surface area contributed by atoms with Gasteiger partial charge in [0.2, 0.25) is 0 Å². The van der Waals surface area contributed by atoms with Crippen LogP contribution in [0.4, 0.5) is 5.82 Å². The molecule has 92 valence electrons. The molecule has 0 saturated heterocycles. The van der Waals surface area contributed by atoms with Crippen LogP contribution in [-0.4, -0.2) is 25.1 Å². The van der Waals surface area contributed by atoms with E-state index in [1.807, 2.05) is 0 Å². The van der Waals surface area contributed by atoms with Crippen LogP contribution in [0.5, 0.6) is 0 Å². The van der Waals surface area contributed by atoms with E-state index in [2.05, 4.69) is 41.1 Å². The minimum absolute atomic E-state index is 0.176. The quantitative estimate of drug-likeness (QED) is 0.869. The summed E-state index contributed by atoms with van der Waals surface area (Å²) in [6.07, 6.45) is 1.57. The van der Waals surface area contributed by atoms with Crippen molar-refractivity contribution in [2.45, 2.75) is 31.3 Å². The first kappa shape index (κ1) is 12.0. The molecule has 2 aromatic heterocycles. The molecule has 0 fully saturated rings. The molecule has 0 unspecified atom stereocenters. The maximum absolute atomic E-state index is 5.67. The molecule has 17 heavy (non-hydrogen) atoms.